The topological polar surface area (TPSA) is 92.4 Å². The second kappa shape index (κ2) is 7.24. The zero-order valence-corrected chi connectivity index (χ0v) is 14.0. The summed E-state index contributed by atoms with van der Waals surface area (Å²) in [5.74, 6) is 0.188. The lowest BCUT2D eigenvalue weighted by Gasteiger charge is -2.16. The van der Waals surface area contributed by atoms with Crippen molar-refractivity contribution in [1.29, 1.82) is 0 Å². The van der Waals surface area contributed by atoms with Crippen LogP contribution in [-0.4, -0.2) is 26.7 Å². The molecule has 0 saturated carbocycles. The Hall–Kier alpha value is -1.11. The lowest BCUT2D eigenvalue weighted by molar-refractivity contribution is 0.228. The third kappa shape index (κ3) is 4.43. The van der Waals surface area contributed by atoms with E-state index in [4.69, 9.17) is 10.8 Å². The normalized spacial score (nSPS) is 13.4. The van der Waals surface area contributed by atoms with Gasteiger partial charge in [-0.2, -0.15) is 0 Å². The Morgan fingerprint density at radius 1 is 1.29 bits per heavy atom. The van der Waals surface area contributed by atoms with Gasteiger partial charge in [0.05, 0.1) is 4.90 Å². The predicted molar refractivity (Wildman–Crippen MR) is 85.7 cm³/mol. The van der Waals surface area contributed by atoms with E-state index in [9.17, 15) is 8.42 Å². The maximum atomic E-state index is 12.4. The van der Waals surface area contributed by atoms with Crippen molar-refractivity contribution in [2.45, 2.75) is 45.4 Å². The second-order valence-corrected chi connectivity index (χ2v) is 7.41. The molecule has 5 nitrogen and oxygen atoms in total. The van der Waals surface area contributed by atoms with E-state index in [-0.39, 0.29) is 17.4 Å². The van der Waals surface area contributed by atoms with Gasteiger partial charge in [-0.05, 0) is 56.2 Å². The van der Waals surface area contributed by atoms with Crippen LogP contribution < -0.4 is 10.5 Å². The molecule has 0 radical (unpaired) electrons. The van der Waals surface area contributed by atoms with E-state index in [1.165, 1.54) is 0 Å². The molecular weight excluding hydrogens is 288 g/mol. The Morgan fingerprint density at radius 2 is 1.90 bits per heavy atom. The average molecular weight is 314 g/mol. The van der Waals surface area contributed by atoms with Crippen molar-refractivity contribution in [1.82, 2.24) is 4.72 Å². The molecule has 0 bridgehead atoms. The number of aryl methyl sites for hydroxylation is 2. The number of aliphatic hydroxyl groups is 1. The number of hydrogen-bond donors (Lipinski definition) is 3. The predicted octanol–water partition coefficient (Wildman–Crippen LogP) is 1.88. The van der Waals surface area contributed by atoms with Crippen LogP contribution in [-0.2, 0) is 10.0 Å². The Morgan fingerprint density at radius 3 is 2.48 bits per heavy atom. The number of benzene rings is 1. The summed E-state index contributed by atoms with van der Waals surface area (Å²) < 4.78 is 27.5. The number of sulfonamides is 1. The SMILES string of the molecule is Cc1cc(C)c(S(=O)(=O)NCCCC(C)CO)c(C)c1N. The number of nitrogens with two attached hydrogens (primary N) is 1. The van der Waals surface area contributed by atoms with E-state index in [0.717, 1.165) is 12.0 Å². The Balaban J connectivity index is 2.87. The summed E-state index contributed by atoms with van der Waals surface area (Å²) in [6.45, 7) is 7.80. The molecule has 0 aromatic heterocycles. The molecule has 4 N–H and O–H groups in total. The van der Waals surface area contributed by atoms with Crippen LogP contribution in [0.2, 0.25) is 0 Å². The molecule has 1 aromatic carbocycles. The average Bonchev–Trinajstić information content (AvgIpc) is 2.40. The number of nitrogens with one attached hydrogen (secondary N) is 1. The van der Waals surface area contributed by atoms with E-state index in [0.29, 0.717) is 29.8 Å². The zero-order chi connectivity index (χ0) is 16.2. The van der Waals surface area contributed by atoms with E-state index in [1.54, 1.807) is 19.9 Å². The number of aliphatic hydroxyl groups excluding tert-OH is 1. The first-order valence-corrected chi connectivity index (χ1v) is 8.65. The van der Waals surface area contributed by atoms with Crippen molar-refractivity contribution in [2.75, 3.05) is 18.9 Å². The minimum atomic E-state index is -3.56. The van der Waals surface area contributed by atoms with Crippen LogP contribution in [0.15, 0.2) is 11.0 Å². The van der Waals surface area contributed by atoms with Gasteiger partial charge in [0, 0.05) is 18.8 Å². The molecule has 0 amide bonds. The fourth-order valence-corrected chi connectivity index (χ4v) is 3.97. The molecule has 0 aliphatic heterocycles. The molecule has 1 aromatic rings. The van der Waals surface area contributed by atoms with Gasteiger partial charge in [-0.15, -0.1) is 0 Å². The van der Waals surface area contributed by atoms with Gasteiger partial charge in [-0.3, -0.25) is 0 Å². The molecule has 0 aliphatic carbocycles. The summed E-state index contributed by atoms with van der Waals surface area (Å²) in [6.07, 6.45) is 1.48. The largest absolute Gasteiger partial charge is 0.398 e. The van der Waals surface area contributed by atoms with Crippen molar-refractivity contribution in [3.8, 4) is 0 Å². The van der Waals surface area contributed by atoms with E-state index >= 15 is 0 Å². The van der Waals surface area contributed by atoms with Crippen molar-refractivity contribution >= 4 is 15.7 Å². The molecular formula is C15H26N2O3S. The molecule has 6 heteroatoms. The minimum Gasteiger partial charge on any atom is -0.398 e. The summed E-state index contributed by atoms with van der Waals surface area (Å²) in [6, 6.07) is 1.80. The monoisotopic (exact) mass is 314 g/mol. The van der Waals surface area contributed by atoms with E-state index in [1.807, 2.05) is 13.8 Å². The van der Waals surface area contributed by atoms with Crippen LogP contribution >= 0.6 is 0 Å². The molecule has 0 heterocycles. The minimum absolute atomic E-state index is 0.124. The highest BCUT2D eigenvalue weighted by Crippen LogP contribution is 2.27. The van der Waals surface area contributed by atoms with Crippen LogP contribution in [0.25, 0.3) is 0 Å². The van der Waals surface area contributed by atoms with Crippen LogP contribution in [0.1, 0.15) is 36.5 Å². The van der Waals surface area contributed by atoms with Gasteiger partial charge in [0.1, 0.15) is 0 Å². The van der Waals surface area contributed by atoms with Gasteiger partial charge < -0.3 is 10.8 Å². The molecule has 120 valence electrons. The molecule has 1 unspecified atom stereocenters. The maximum absolute atomic E-state index is 12.4. The number of hydrogen-bond acceptors (Lipinski definition) is 4. The van der Waals surface area contributed by atoms with Crippen molar-refractivity contribution in [3.63, 3.8) is 0 Å². The lowest BCUT2D eigenvalue weighted by atomic mass is 10.1. The Bertz CT molecular complexity index is 597. The summed E-state index contributed by atoms with van der Waals surface area (Å²) in [4.78, 5) is 0.279. The van der Waals surface area contributed by atoms with Gasteiger partial charge in [0.15, 0.2) is 0 Å². The van der Waals surface area contributed by atoms with Crippen LogP contribution in [0.3, 0.4) is 0 Å². The lowest BCUT2D eigenvalue weighted by Crippen LogP contribution is -2.27. The maximum Gasteiger partial charge on any atom is 0.241 e. The van der Waals surface area contributed by atoms with Gasteiger partial charge in [0.25, 0.3) is 0 Å². The van der Waals surface area contributed by atoms with Gasteiger partial charge >= 0.3 is 0 Å². The summed E-state index contributed by atoms with van der Waals surface area (Å²) >= 11 is 0. The third-order valence-corrected chi connectivity index (χ3v) is 5.46. The molecule has 21 heavy (non-hydrogen) atoms. The first kappa shape index (κ1) is 17.9. The fourth-order valence-electron chi connectivity index (χ4n) is 2.42. The second-order valence-electron chi connectivity index (χ2n) is 5.71. The zero-order valence-electron chi connectivity index (χ0n) is 13.2. The molecule has 0 saturated heterocycles. The molecule has 0 fully saturated rings. The quantitative estimate of drug-likeness (QED) is 0.529. The molecule has 0 spiro atoms. The highest BCUT2D eigenvalue weighted by atomic mass is 32.2. The number of nitrogen functional groups attached to an aromatic ring is 1. The van der Waals surface area contributed by atoms with Gasteiger partial charge in [-0.1, -0.05) is 13.0 Å². The summed E-state index contributed by atoms with van der Waals surface area (Å²) in [5.41, 5.74) is 8.66. The number of rotatable bonds is 7. The van der Waals surface area contributed by atoms with Crippen LogP contribution in [0.5, 0.6) is 0 Å². The molecule has 1 atom stereocenters. The van der Waals surface area contributed by atoms with Crippen molar-refractivity contribution in [2.24, 2.45) is 5.92 Å². The first-order chi connectivity index (χ1) is 9.70. The van der Waals surface area contributed by atoms with Gasteiger partial charge in [0.2, 0.25) is 10.0 Å². The highest BCUT2D eigenvalue weighted by molar-refractivity contribution is 7.89. The standard InChI is InChI=1S/C15H26N2O3S/c1-10(9-18)6-5-7-17-21(19,20)15-12(3)8-11(2)14(16)13(15)4/h8,10,17-18H,5-7,9,16H2,1-4H3. The smallest absolute Gasteiger partial charge is 0.241 e. The summed E-state index contributed by atoms with van der Waals surface area (Å²) in [5, 5.41) is 8.95. The summed E-state index contributed by atoms with van der Waals surface area (Å²) in [7, 11) is -3.56. The van der Waals surface area contributed by atoms with Crippen LogP contribution in [0.4, 0.5) is 5.69 Å². The number of anilines is 1. The highest BCUT2D eigenvalue weighted by Gasteiger charge is 2.21. The Kier molecular flexibility index (Phi) is 6.19. The Labute approximate surface area is 127 Å². The molecule has 0 aliphatic rings. The molecule has 1 rings (SSSR count). The van der Waals surface area contributed by atoms with Crippen molar-refractivity contribution < 1.29 is 13.5 Å². The van der Waals surface area contributed by atoms with Gasteiger partial charge in [-0.25, -0.2) is 13.1 Å². The third-order valence-electron chi connectivity index (χ3n) is 3.71. The van der Waals surface area contributed by atoms with E-state index < -0.39 is 10.0 Å². The van der Waals surface area contributed by atoms with E-state index in [2.05, 4.69) is 4.72 Å². The fraction of sp³-hybridized carbons (Fsp3) is 0.600. The van der Waals surface area contributed by atoms with Crippen LogP contribution in [0, 0.1) is 26.7 Å². The first-order valence-electron chi connectivity index (χ1n) is 7.17. The van der Waals surface area contributed by atoms with Crippen molar-refractivity contribution in [3.05, 3.63) is 22.8 Å².